The first-order valence-electron chi connectivity index (χ1n) is 14.1. The SMILES string of the molecule is C[C@@H]1C[C@H](C(=O)N[C@@H]2CC[C@@]3(S(=O)(=O)c4ccc(F)cc4)c4ccc(C(F)(C(F)(F)F)C(F)(F)F)cc4CC[C@@H]23)CCS1(=O)=O. The molecule has 6 nitrogen and oxygen atoms in total. The average molecular weight is 688 g/mol. The molecule has 248 valence electrons. The summed E-state index contributed by atoms with van der Waals surface area (Å²) in [5, 5.41) is 2.08. The Morgan fingerprint density at radius 1 is 0.933 bits per heavy atom. The summed E-state index contributed by atoms with van der Waals surface area (Å²) in [5.41, 5.74) is -7.79. The summed E-state index contributed by atoms with van der Waals surface area (Å²) in [6.45, 7) is 1.49. The van der Waals surface area contributed by atoms with Crippen LogP contribution in [0.3, 0.4) is 0 Å². The summed E-state index contributed by atoms with van der Waals surface area (Å²) in [5.74, 6) is -3.04. The third-order valence-electron chi connectivity index (χ3n) is 9.66. The van der Waals surface area contributed by atoms with E-state index < -0.39 is 82.9 Å². The topological polar surface area (TPSA) is 97.4 Å². The first-order valence-corrected chi connectivity index (χ1v) is 17.3. The van der Waals surface area contributed by atoms with Gasteiger partial charge in [-0.25, -0.2) is 25.6 Å². The number of benzene rings is 2. The lowest BCUT2D eigenvalue weighted by Gasteiger charge is -2.43. The molecule has 1 N–H and O–H groups in total. The predicted molar refractivity (Wildman–Crippen MR) is 146 cm³/mol. The molecule has 1 saturated carbocycles. The van der Waals surface area contributed by atoms with Crippen molar-refractivity contribution < 1.29 is 56.8 Å². The largest absolute Gasteiger partial charge is 0.435 e. The standard InChI is InChI=1S/C29H29F8NO5S2/c1-16-14-18(11-13-44(16,40)41)25(39)38-24-10-12-26(45(42,43)21-6-4-20(30)5-7-21)22-9-3-19(15-17(22)2-8-23(24)26)27(31,28(32,33)34)29(35,36)37/h3-7,9,15-16,18,23-24H,2,8,10-14H2,1H3,(H,38,39)/t16-,18-,23+,24-,26-/m1/s1. The Kier molecular flexibility index (Phi) is 8.15. The summed E-state index contributed by atoms with van der Waals surface area (Å²) in [4.78, 5) is 12.9. The molecular formula is C29H29F8NO5S2. The summed E-state index contributed by atoms with van der Waals surface area (Å²) in [6, 6.07) is 4.44. The second kappa shape index (κ2) is 10.9. The van der Waals surface area contributed by atoms with Gasteiger partial charge in [-0.05, 0) is 80.8 Å². The molecule has 1 heterocycles. The van der Waals surface area contributed by atoms with Gasteiger partial charge in [0.25, 0.3) is 0 Å². The molecule has 3 aliphatic rings. The van der Waals surface area contributed by atoms with Gasteiger partial charge in [0.05, 0.1) is 15.9 Å². The Hall–Kier alpha value is -2.75. The molecule has 5 atom stereocenters. The van der Waals surface area contributed by atoms with Crippen molar-refractivity contribution >= 4 is 25.6 Å². The van der Waals surface area contributed by atoms with Crippen molar-refractivity contribution in [3.8, 4) is 0 Å². The van der Waals surface area contributed by atoms with Gasteiger partial charge in [-0.1, -0.05) is 18.2 Å². The number of hydrogen-bond acceptors (Lipinski definition) is 5. The van der Waals surface area contributed by atoms with Crippen LogP contribution in [0.2, 0.25) is 0 Å². The number of fused-ring (bicyclic) bond motifs is 3. The maximum absolute atomic E-state index is 15.0. The first-order chi connectivity index (χ1) is 20.7. The molecule has 2 fully saturated rings. The molecule has 1 amide bonds. The van der Waals surface area contributed by atoms with Crippen molar-refractivity contribution in [1.82, 2.24) is 5.32 Å². The summed E-state index contributed by atoms with van der Waals surface area (Å²) < 4.78 is 161. The van der Waals surface area contributed by atoms with E-state index in [1.807, 2.05) is 0 Å². The van der Waals surface area contributed by atoms with Crippen LogP contribution in [-0.2, 0) is 41.3 Å². The van der Waals surface area contributed by atoms with E-state index in [-0.39, 0.29) is 60.3 Å². The lowest BCUT2D eigenvalue weighted by Crippen LogP contribution is -2.52. The molecule has 2 aromatic carbocycles. The highest BCUT2D eigenvalue weighted by atomic mass is 32.2. The fourth-order valence-corrected chi connectivity index (χ4v) is 11.3. The van der Waals surface area contributed by atoms with Crippen molar-refractivity contribution in [2.45, 2.75) is 84.4 Å². The van der Waals surface area contributed by atoms with Gasteiger partial charge >= 0.3 is 18.0 Å². The second-order valence-electron chi connectivity index (χ2n) is 12.1. The van der Waals surface area contributed by atoms with Crippen molar-refractivity contribution in [1.29, 1.82) is 0 Å². The predicted octanol–water partition coefficient (Wildman–Crippen LogP) is 5.84. The number of aryl methyl sites for hydroxylation is 1. The van der Waals surface area contributed by atoms with Gasteiger partial charge in [0.2, 0.25) is 5.91 Å². The zero-order chi connectivity index (χ0) is 33.4. The normalized spacial score (nSPS) is 28.6. The van der Waals surface area contributed by atoms with Crippen LogP contribution in [0.5, 0.6) is 0 Å². The number of amides is 1. The minimum Gasteiger partial charge on any atom is -0.353 e. The highest BCUT2D eigenvalue weighted by Crippen LogP contribution is 2.59. The minimum absolute atomic E-state index is 0.0523. The molecule has 2 aliphatic carbocycles. The fourth-order valence-electron chi connectivity index (χ4n) is 7.26. The lowest BCUT2D eigenvalue weighted by atomic mass is 9.73. The van der Waals surface area contributed by atoms with Crippen molar-refractivity contribution in [2.75, 3.05) is 5.75 Å². The average Bonchev–Trinajstić information content (AvgIpc) is 3.32. The highest BCUT2D eigenvalue weighted by molar-refractivity contribution is 7.92. The van der Waals surface area contributed by atoms with Crippen molar-refractivity contribution in [3.05, 3.63) is 65.0 Å². The van der Waals surface area contributed by atoms with Crippen LogP contribution in [-0.4, -0.2) is 52.1 Å². The Morgan fingerprint density at radius 2 is 1.56 bits per heavy atom. The maximum atomic E-state index is 15.0. The molecular weight excluding hydrogens is 658 g/mol. The van der Waals surface area contributed by atoms with Gasteiger partial charge in [-0.2, -0.15) is 26.3 Å². The van der Waals surface area contributed by atoms with E-state index in [9.17, 15) is 56.8 Å². The zero-order valence-electron chi connectivity index (χ0n) is 23.7. The van der Waals surface area contributed by atoms with Gasteiger partial charge in [-0.15, -0.1) is 0 Å². The number of carbonyl (C=O) groups is 1. The van der Waals surface area contributed by atoms with Crippen LogP contribution in [0, 0.1) is 17.7 Å². The number of nitrogens with one attached hydrogen (secondary N) is 1. The van der Waals surface area contributed by atoms with Crippen LogP contribution in [0.1, 0.15) is 55.7 Å². The number of sulfone groups is 2. The molecule has 2 aromatic rings. The minimum atomic E-state index is -6.37. The van der Waals surface area contributed by atoms with Gasteiger partial charge in [0, 0.05) is 23.4 Å². The number of halogens is 8. The molecule has 0 bridgehead atoms. The van der Waals surface area contributed by atoms with E-state index in [0.717, 1.165) is 30.3 Å². The monoisotopic (exact) mass is 687 g/mol. The number of rotatable bonds is 5. The van der Waals surface area contributed by atoms with E-state index in [0.29, 0.717) is 12.1 Å². The van der Waals surface area contributed by atoms with Gasteiger partial charge in [-0.3, -0.25) is 4.79 Å². The smallest absolute Gasteiger partial charge is 0.353 e. The van der Waals surface area contributed by atoms with Crippen LogP contribution in [0.25, 0.3) is 0 Å². The van der Waals surface area contributed by atoms with Crippen LogP contribution in [0.4, 0.5) is 35.1 Å². The summed E-state index contributed by atoms with van der Waals surface area (Å²) >= 11 is 0. The van der Waals surface area contributed by atoms with Gasteiger partial charge in [0.15, 0.2) is 19.7 Å². The Bertz CT molecular complexity index is 1690. The third-order valence-corrected chi connectivity index (χ3v) is 14.5. The van der Waals surface area contributed by atoms with Crippen LogP contribution in [0.15, 0.2) is 47.4 Å². The molecule has 0 aromatic heterocycles. The van der Waals surface area contributed by atoms with Crippen molar-refractivity contribution in [3.63, 3.8) is 0 Å². The van der Waals surface area contributed by atoms with Crippen molar-refractivity contribution in [2.24, 2.45) is 11.8 Å². The molecule has 0 radical (unpaired) electrons. The Labute approximate surface area is 254 Å². The zero-order valence-corrected chi connectivity index (χ0v) is 25.3. The summed E-state index contributed by atoms with van der Waals surface area (Å²) in [7, 11) is -7.91. The fraction of sp³-hybridized carbons (Fsp3) is 0.552. The second-order valence-corrected chi connectivity index (χ2v) is 16.8. The van der Waals surface area contributed by atoms with E-state index in [2.05, 4.69) is 5.32 Å². The molecule has 1 saturated heterocycles. The molecule has 0 unspecified atom stereocenters. The quantitative estimate of drug-likeness (QED) is 0.315. The van der Waals surface area contributed by atoms with E-state index in [4.69, 9.17) is 0 Å². The molecule has 5 rings (SSSR count). The van der Waals surface area contributed by atoms with E-state index in [1.165, 1.54) is 6.92 Å². The number of hydrogen-bond donors (Lipinski definition) is 1. The molecule has 0 spiro atoms. The lowest BCUT2D eigenvalue weighted by molar-refractivity contribution is -0.348. The first kappa shape index (κ1) is 33.6. The Balaban J connectivity index is 1.59. The van der Waals surface area contributed by atoms with Gasteiger partial charge in [0.1, 0.15) is 10.6 Å². The highest BCUT2D eigenvalue weighted by Gasteiger charge is 2.73. The molecule has 16 heteroatoms. The van der Waals surface area contributed by atoms with E-state index >= 15 is 0 Å². The maximum Gasteiger partial charge on any atom is 0.435 e. The number of carbonyl (C=O) groups excluding carboxylic acids is 1. The Morgan fingerprint density at radius 3 is 2.13 bits per heavy atom. The van der Waals surface area contributed by atoms with E-state index in [1.54, 1.807) is 0 Å². The summed E-state index contributed by atoms with van der Waals surface area (Å²) in [6.07, 6.45) is -13.1. The number of alkyl halides is 7. The van der Waals surface area contributed by atoms with Gasteiger partial charge < -0.3 is 5.32 Å². The molecule has 45 heavy (non-hydrogen) atoms. The third kappa shape index (κ3) is 5.23. The van der Waals surface area contributed by atoms with Crippen LogP contribution >= 0.6 is 0 Å². The van der Waals surface area contributed by atoms with Crippen LogP contribution < -0.4 is 5.32 Å². The molecule has 1 aliphatic heterocycles.